The molecule has 0 unspecified atom stereocenters. The molecule has 9 heteroatoms. The lowest BCUT2D eigenvalue weighted by molar-refractivity contribution is -0.384. The maximum absolute atomic E-state index is 12.2. The lowest BCUT2D eigenvalue weighted by Crippen LogP contribution is -2.30. The van der Waals surface area contributed by atoms with Crippen molar-refractivity contribution in [2.45, 2.75) is 18.2 Å². The Hall–Kier alpha value is -2.78. The average Bonchev–Trinajstić information content (AvgIpc) is 3.26. The van der Waals surface area contributed by atoms with E-state index in [1.165, 1.54) is 30.3 Å². The monoisotopic (exact) mass is 392 g/mol. The van der Waals surface area contributed by atoms with Crippen LogP contribution in [0.5, 0.6) is 0 Å². The number of nitrogens with zero attached hydrogens (tertiary/aromatic N) is 2. The number of carbonyl (C=O) groups is 1. The van der Waals surface area contributed by atoms with E-state index in [0.29, 0.717) is 0 Å². The number of nitro groups is 1. The van der Waals surface area contributed by atoms with E-state index in [1.54, 1.807) is 6.92 Å². The van der Waals surface area contributed by atoms with Gasteiger partial charge in [-0.1, -0.05) is 25.1 Å². The molecule has 0 fully saturated rings. The number of hydrogen-bond donors (Lipinski definition) is 0. The standard InChI is InChI=1S/C12H16N2O6S.C6H4/c1-3-12(15)20-9-8-13(2)21(18,19)11-6-4-10(5-7-11)14(16)17;1-2-5-4-6(5)3-1/h4-7H,3,8-9H2,1-2H3;1-4H. The number of nitro benzene ring substituents is 1. The number of carbonyl (C=O) groups excluding carboxylic acids is 1. The summed E-state index contributed by atoms with van der Waals surface area (Å²) in [6.45, 7) is 1.60. The summed E-state index contributed by atoms with van der Waals surface area (Å²) in [5, 5.41) is 10.5. The summed E-state index contributed by atoms with van der Waals surface area (Å²) < 4.78 is 30.2. The number of hydrogen-bond acceptors (Lipinski definition) is 6. The van der Waals surface area contributed by atoms with Crippen molar-refractivity contribution in [2.75, 3.05) is 20.2 Å². The summed E-state index contributed by atoms with van der Waals surface area (Å²) in [6.07, 6.45) is 0.221. The van der Waals surface area contributed by atoms with Crippen LogP contribution in [0, 0.1) is 10.1 Å². The van der Waals surface area contributed by atoms with Crippen molar-refractivity contribution in [1.82, 2.24) is 4.31 Å². The summed E-state index contributed by atoms with van der Waals surface area (Å²) in [4.78, 5) is 20.8. The van der Waals surface area contributed by atoms with Crippen molar-refractivity contribution < 1.29 is 22.9 Å². The van der Waals surface area contributed by atoms with Crippen LogP contribution in [0.4, 0.5) is 5.69 Å². The van der Waals surface area contributed by atoms with Gasteiger partial charge in [-0.05, 0) is 29.3 Å². The van der Waals surface area contributed by atoms with Crippen LogP contribution >= 0.6 is 0 Å². The molecule has 0 amide bonds. The SMILES string of the molecule is CCC(=O)OCCN(C)S(=O)(=O)c1ccc([N+](=O)[O-])cc1.c1cc2cc-2c1. The maximum Gasteiger partial charge on any atom is 0.305 e. The van der Waals surface area contributed by atoms with Crippen molar-refractivity contribution in [3.63, 3.8) is 0 Å². The Balaban J connectivity index is 0.000000358. The predicted molar refractivity (Wildman–Crippen MR) is 99.6 cm³/mol. The molecule has 0 heterocycles. The van der Waals surface area contributed by atoms with Crippen LogP contribution < -0.4 is 0 Å². The first-order chi connectivity index (χ1) is 12.8. The lowest BCUT2D eigenvalue weighted by Gasteiger charge is -2.16. The zero-order chi connectivity index (χ0) is 20.0. The van der Waals surface area contributed by atoms with Gasteiger partial charge in [-0.3, -0.25) is 14.9 Å². The van der Waals surface area contributed by atoms with Crippen LogP contribution in [0.3, 0.4) is 0 Å². The molecule has 0 saturated heterocycles. The molecule has 3 rings (SSSR count). The summed E-state index contributed by atoms with van der Waals surface area (Å²) in [7, 11) is -2.42. The molecule has 0 radical (unpaired) electrons. The highest BCUT2D eigenvalue weighted by molar-refractivity contribution is 7.89. The number of fused-ring (bicyclic) bond motifs is 1. The normalized spacial score (nSPS) is 11.4. The summed E-state index contributed by atoms with van der Waals surface area (Å²) in [5.41, 5.74) is 2.67. The maximum atomic E-state index is 12.2. The molecular weight excluding hydrogens is 372 g/mol. The van der Waals surface area contributed by atoms with Gasteiger partial charge >= 0.3 is 5.97 Å². The highest BCUT2D eigenvalue weighted by Gasteiger charge is 2.21. The summed E-state index contributed by atoms with van der Waals surface area (Å²) >= 11 is 0. The Morgan fingerprint density at radius 2 is 1.74 bits per heavy atom. The molecule has 0 aromatic heterocycles. The van der Waals surface area contributed by atoms with E-state index in [-0.39, 0.29) is 30.2 Å². The van der Waals surface area contributed by atoms with E-state index in [2.05, 4.69) is 24.3 Å². The van der Waals surface area contributed by atoms with Gasteiger partial charge in [0, 0.05) is 32.1 Å². The van der Waals surface area contributed by atoms with Crippen molar-refractivity contribution in [3.05, 3.63) is 58.6 Å². The lowest BCUT2D eigenvalue weighted by atomic mass is 10.3. The quantitative estimate of drug-likeness (QED) is 0.348. The van der Waals surface area contributed by atoms with Crippen LogP contribution in [0.1, 0.15) is 13.3 Å². The Labute approximate surface area is 157 Å². The van der Waals surface area contributed by atoms with Gasteiger partial charge in [-0.25, -0.2) is 8.42 Å². The average molecular weight is 392 g/mol. The van der Waals surface area contributed by atoms with Gasteiger partial charge in [0.25, 0.3) is 5.69 Å². The fourth-order valence-electron chi connectivity index (χ4n) is 2.11. The number of rotatable bonds is 7. The number of non-ortho nitro benzene ring substituents is 1. The minimum absolute atomic E-state index is 0.00502. The molecule has 0 bridgehead atoms. The van der Waals surface area contributed by atoms with Gasteiger partial charge in [0.15, 0.2) is 0 Å². The highest BCUT2D eigenvalue weighted by atomic mass is 32.2. The number of ether oxygens (including phenoxy) is 1. The van der Waals surface area contributed by atoms with Gasteiger partial charge in [-0.15, -0.1) is 0 Å². The van der Waals surface area contributed by atoms with E-state index >= 15 is 0 Å². The van der Waals surface area contributed by atoms with E-state index in [1.807, 2.05) is 0 Å². The minimum Gasteiger partial charge on any atom is -0.464 e. The molecule has 2 aliphatic rings. The van der Waals surface area contributed by atoms with E-state index < -0.39 is 20.9 Å². The van der Waals surface area contributed by atoms with Gasteiger partial charge in [0.1, 0.15) is 6.61 Å². The Morgan fingerprint density at radius 1 is 1.15 bits per heavy atom. The van der Waals surface area contributed by atoms with Crippen molar-refractivity contribution >= 4 is 21.7 Å². The number of sulfonamides is 1. The molecule has 0 spiro atoms. The third-order valence-electron chi connectivity index (χ3n) is 3.83. The molecule has 0 saturated carbocycles. The first-order valence-corrected chi connectivity index (χ1v) is 9.66. The van der Waals surface area contributed by atoms with Gasteiger partial charge in [0.2, 0.25) is 10.0 Å². The fourth-order valence-corrected chi connectivity index (χ4v) is 3.26. The molecule has 0 aliphatic heterocycles. The third-order valence-corrected chi connectivity index (χ3v) is 5.70. The fraction of sp³-hybridized carbons (Fsp3) is 0.278. The molecule has 27 heavy (non-hydrogen) atoms. The molecule has 2 aliphatic carbocycles. The predicted octanol–water partition coefficient (Wildman–Crippen LogP) is 2.84. The van der Waals surface area contributed by atoms with Crippen LogP contribution in [0.2, 0.25) is 0 Å². The van der Waals surface area contributed by atoms with Crippen molar-refractivity contribution in [1.29, 1.82) is 0 Å². The number of likely N-dealkylation sites (N-methyl/N-ethyl adjacent to an activating group) is 1. The molecule has 0 N–H and O–H groups in total. The van der Waals surface area contributed by atoms with Crippen LogP contribution in [0.25, 0.3) is 11.1 Å². The largest absolute Gasteiger partial charge is 0.464 e. The van der Waals surface area contributed by atoms with Gasteiger partial charge in [0.05, 0.1) is 9.82 Å². The van der Waals surface area contributed by atoms with E-state index in [0.717, 1.165) is 16.4 Å². The first kappa shape index (κ1) is 20.5. The Bertz CT molecular complexity index is 908. The molecule has 1 aromatic rings. The van der Waals surface area contributed by atoms with Gasteiger partial charge in [-0.2, -0.15) is 4.31 Å². The number of esters is 1. The van der Waals surface area contributed by atoms with Gasteiger partial charge < -0.3 is 4.74 Å². The molecule has 0 atom stereocenters. The molecule has 8 nitrogen and oxygen atoms in total. The van der Waals surface area contributed by atoms with Crippen LogP contribution in [-0.4, -0.2) is 43.8 Å². The second-order valence-corrected chi connectivity index (χ2v) is 7.78. The second kappa shape index (κ2) is 8.74. The van der Waals surface area contributed by atoms with E-state index in [4.69, 9.17) is 4.74 Å². The summed E-state index contributed by atoms with van der Waals surface area (Å²) in [6, 6.07) is 13.1. The zero-order valence-electron chi connectivity index (χ0n) is 15.0. The minimum atomic E-state index is -3.77. The second-order valence-electron chi connectivity index (χ2n) is 5.73. The topological polar surface area (TPSA) is 107 Å². The van der Waals surface area contributed by atoms with Crippen LogP contribution in [0.15, 0.2) is 53.4 Å². The molecule has 1 aromatic carbocycles. The Kier molecular flexibility index (Phi) is 6.65. The summed E-state index contributed by atoms with van der Waals surface area (Å²) in [5.74, 6) is -0.406. The molecular formula is C18H20N2O6S. The third kappa shape index (κ3) is 5.60. The first-order valence-electron chi connectivity index (χ1n) is 8.22. The van der Waals surface area contributed by atoms with E-state index in [9.17, 15) is 23.3 Å². The van der Waals surface area contributed by atoms with Crippen LogP contribution in [-0.2, 0) is 19.6 Å². The van der Waals surface area contributed by atoms with Crippen molar-refractivity contribution in [2.24, 2.45) is 0 Å². The van der Waals surface area contributed by atoms with Crippen molar-refractivity contribution in [3.8, 4) is 11.1 Å². The highest BCUT2D eigenvalue weighted by Crippen LogP contribution is 2.32. The zero-order valence-corrected chi connectivity index (χ0v) is 15.8. The Morgan fingerprint density at radius 3 is 2.15 bits per heavy atom. The smallest absolute Gasteiger partial charge is 0.305 e. The number of benzene rings is 2. The molecule has 144 valence electrons.